The van der Waals surface area contributed by atoms with Gasteiger partial charge >= 0.3 is 6.18 Å². The number of hydrogen-bond acceptors (Lipinski definition) is 4. The van der Waals surface area contributed by atoms with E-state index in [4.69, 9.17) is 5.11 Å². The van der Waals surface area contributed by atoms with Crippen LogP contribution >= 0.6 is 0 Å². The smallest absolute Gasteiger partial charge is 0.395 e. The highest BCUT2D eigenvalue weighted by atomic mass is 19.4. The van der Waals surface area contributed by atoms with Crippen molar-refractivity contribution in [1.82, 2.24) is 9.88 Å². The maximum absolute atomic E-state index is 12.7. The van der Waals surface area contributed by atoms with E-state index >= 15 is 0 Å². The fourth-order valence-electron chi connectivity index (χ4n) is 2.89. The summed E-state index contributed by atoms with van der Waals surface area (Å²) < 4.78 is 38.2. The molecule has 1 N–H and O–H groups in total. The van der Waals surface area contributed by atoms with Crippen molar-refractivity contribution in [1.29, 1.82) is 0 Å². The number of piperazine rings is 1. The molecule has 0 bridgehead atoms. The third-order valence-corrected chi connectivity index (χ3v) is 3.86. The number of aromatic nitrogens is 1. The first-order chi connectivity index (χ1) is 9.82. The average Bonchev–Trinajstić information content (AvgIpc) is 2.42. The fourth-order valence-corrected chi connectivity index (χ4v) is 2.89. The Morgan fingerprint density at radius 3 is 2.43 bits per heavy atom. The van der Waals surface area contributed by atoms with Crippen LogP contribution in [0.4, 0.5) is 18.9 Å². The van der Waals surface area contributed by atoms with Crippen LogP contribution in [0.5, 0.6) is 0 Å². The number of β-amino-alcohol motifs (C(OH)–C–C–N with tert-alkyl or cyclic N) is 1. The molecule has 1 aromatic rings. The number of pyridine rings is 1. The predicted octanol–water partition coefficient (Wildman–Crippen LogP) is 1.99. The van der Waals surface area contributed by atoms with E-state index in [9.17, 15) is 13.2 Å². The van der Waals surface area contributed by atoms with Gasteiger partial charge in [-0.3, -0.25) is 9.88 Å². The van der Waals surface area contributed by atoms with E-state index in [2.05, 4.69) is 9.88 Å². The van der Waals surface area contributed by atoms with Crippen LogP contribution in [0.15, 0.2) is 18.3 Å². The van der Waals surface area contributed by atoms with Crippen LogP contribution in [0.3, 0.4) is 0 Å². The fraction of sp³-hybridized carbons (Fsp3) is 0.643. The molecule has 21 heavy (non-hydrogen) atoms. The molecule has 1 aromatic heterocycles. The van der Waals surface area contributed by atoms with Crippen LogP contribution < -0.4 is 4.90 Å². The molecule has 2 atom stereocenters. The molecule has 1 aliphatic heterocycles. The molecule has 0 unspecified atom stereocenters. The molecule has 1 saturated heterocycles. The van der Waals surface area contributed by atoms with Crippen molar-refractivity contribution in [2.75, 3.05) is 31.1 Å². The molecule has 1 fully saturated rings. The van der Waals surface area contributed by atoms with Crippen molar-refractivity contribution in [2.24, 2.45) is 0 Å². The minimum Gasteiger partial charge on any atom is -0.395 e. The summed E-state index contributed by atoms with van der Waals surface area (Å²) in [5.41, 5.74) is -0.322. The van der Waals surface area contributed by atoms with Crippen molar-refractivity contribution in [3.63, 3.8) is 0 Å². The van der Waals surface area contributed by atoms with Gasteiger partial charge in [-0.05, 0) is 26.0 Å². The molecule has 0 saturated carbocycles. The monoisotopic (exact) mass is 303 g/mol. The summed E-state index contributed by atoms with van der Waals surface area (Å²) in [7, 11) is 0. The van der Waals surface area contributed by atoms with Crippen LogP contribution in [0.2, 0.25) is 0 Å². The van der Waals surface area contributed by atoms with Crippen molar-refractivity contribution in [3.05, 3.63) is 24.0 Å². The Morgan fingerprint density at radius 1 is 1.29 bits per heavy atom. The van der Waals surface area contributed by atoms with Crippen LogP contribution in [-0.2, 0) is 6.18 Å². The molecule has 7 heteroatoms. The number of aliphatic hydroxyl groups excluding tert-OH is 1. The summed E-state index contributed by atoms with van der Waals surface area (Å²) >= 11 is 0. The second-order valence-corrected chi connectivity index (χ2v) is 5.46. The van der Waals surface area contributed by atoms with Crippen molar-refractivity contribution < 1.29 is 18.3 Å². The van der Waals surface area contributed by atoms with Gasteiger partial charge in [-0.1, -0.05) is 0 Å². The zero-order valence-electron chi connectivity index (χ0n) is 12.1. The summed E-state index contributed by atoms with van der Waals surface area (Å²) in [6, 6.07) is 3.05. The third-order valence-electron chi connectivity index (χ3n) is 3.86. The van der Waals surface area contributed by atoms with Crippen molar-refractivity contribution in [3.8, 4) is 0 Å². The lowest BCUT2D eigenvalue weighted by Gasteiger charge is -2.45. The summed E-state index contributed by atoms with van der Waals surface area (Å²) in [4.78, 5) is 7.51. The minimum absolute atomic E-state index is 0.0855. The molecular weight excluding hydrogens is 283 g/mol. The van der Waals surface area contributed by atoms with Crippen LogP contribution in [0.1, 0.15) is 19.5 Å². The van der Waals surface area contributed by atoms with Crippen molar-refractivity contribution in [2.45, 2.75) is 32.1 Å². The highest BCUT2D eigenvalue weighted by Crippen LogP contribution is 2.31. The lowest BCUT2D eigenvalue weighted by Crippen LogP contribution is -2.57. The number of nitrogens with zero attached hydrogens (tertiary/aromatic N) is 3. The Kier molecular flexibility index (Phi) is 4.73. The topological polar surface area (TPSA) is 39.6 Å². The van der Waals surface area contributed by atoms with Gasteiger partial charge in [0.2, 0.25) is 0 Å². The van der Waals surface area contributed by atoms with E-state index in [0.29, 0.717) is 25.3 Å². The summed E-state index contributed by atoms with van der Waals surface area (Å²) in [5.74, 6) is 0. The molecule has 2 rings (SSSR count). The summed E-state index contributed by atoms with van der Waals surface area (Å²) in [6.07, 6.45) is -3.22. The van der Waals surface area contributed by atoms with E-state index in [1.165, 1.54) is 6.20 Å². The van der Waals surface area contributed by atoms with Crippen LogP contribution in [0, 0.1) is 0 Å². The number of rotatable bonds is 3. The van der Waals surface area contributed by atoms with E-state index in [-0.39, 0.29) is 18.7 Å². The zero-order chi connectivity index (χ0) is 15.6. The molecule has 0 spiro atoms. The number of alkyl halides is 3. The van der Waals surface area contributed by atoms with E-state index < -0.39 is 11.9 Å². The van der Waals surface area contributed by atoms with Gasteiger partial charge in [-0.2, -0.15) is 13.2 Å². The van der Waals surface area contributed by atoms with E-state index in [1.54, 1.807) is 6.07 Å². The second kappa shape index (κ2) is 6.19. The molecule has 1 aliphatic rings. The van der Waals surface area contributed by atoms with Crippen LogP contribution in [0.25, 0.3) is 0 Å². The third kappa shape index (κ3) is 3.65. The number of hydrogen-bond donors (Lipinski definition) is 1. The van der Waals surface area contributed by atoms with Gasteiger partial charge in [0.05, 0.1) is 6.61 Å². The highest BCUT2D eigenvalue weighted by molar-refractivity contribution is 5.48. The first-order valence-corrected chi connectivity index (χ1v) is 6.97. The summed E-state index contributed by atoms with van der Waals surface area (Å²) in [5, 5.41) is 9.07. The lowest BCUT2D eigenvalue weighted by molar-refractivity contribution is -0.141. The molecule has 4 nitrogen and oxygen atoms in total. The van der Waals surface area contributed by atoms with Crippen molar-refractivity contribution >= 4 is 5.69 Å². The predicted molar refractivity (Wildman–Crippen MR) is 74.2 cm³/mol. The Balaban J connectivity index is 2.17. The molecule has 0 radical (unpaired) electrons. The first-order valence-electron chi connectivity index (χ1n) is 6.97. The molecule has 0 amide bonds. The van der Waals surface area contributed by atoms with Gasteiger partial charge in [0.25, 0.3) is 0 Å². The Bertz CT molecular complexity index is 469. The Hall–Kier alpha value is -1.34. The highest BCUT2D eigenvalue weighted by Gasteiger charge is 2.34. The molecule has 0 aliphatic carbocycles. The Morgan fingerprint density at radius 2 is 1.90 bits per heavy atom. The molecule has 0 aromatic carbocycles. The van der Waals surface area contributed by atoms with Gasteiger partial charge in [-0.15, -0.1) is 0 Å². The van der Waals surface area contributed by atoms with Gasteiger partial charge in [0, 0.05) is 43.6 Å². The lowest BCUT2D eigenvalue weighted by atomic mass is 10.1. The standard InChI is InChI=1S/C14H20F3N3O/c1-10-8-19(9-11(2)20(10)5-6-21)12-3-4-18-13(7-12)14(15,16)17/h3-4,7,10-11,21H,5-6,8-9H2,1-2H3/t10-,11+. The number of aliphatic hydroxyl groups is 1. The van der Waals surface area contributed by atoms with E-state index in [1.807, 2.05) is 18.7 Å². The minimum atomic E-state index is -4.42. The van der Waals surface area contributed by atoms with Gasteiger partial charge in [0.1, 0.15) is 5.69 Å². The largest absolute Gasteiger partial charge is 0.433 e. The number of halogens is 3. The molecule has 2 heterocycles. The van der Waals surface area contributed by atoms with Gasteiger partial charge in [-0.25, -0.2) is 0 Å². The second-order valence-electron chi connectivity index (χ2n) is 5.46. The van der Waals surface area contributed by atoms with Crippen LogP contribution in [-0.4, -0.2) is 53.3 Å². The SMILES string of the molecule is C[C@@H]1CN(c2ccnc(C(F)(F)F)c2)C[C@H](C)N1CCO. The quantitative estimate of drug-likeness (QED) is 0.927. The maximum atomic E-state index is 12.7. The Labute approximate surface area is 122 Å². The number of anilines is 1. The first kappa shape index (κ1) is 16.0. The van der Waals surface area contributed by atoms with E-state index in [0.717, 1.165) is 6.07 Å². The average molecular weight is 303 g/mol. The molecular formula is C14H20F3N3O. The normalized spacial score (nSPS) is 24.4. The summed E-state index contributed by atoms with van der Waals surface area (Å²) in [6.45, 7) is 5.97. The van der Waals surface area contributed by atoms with Gasteiger partial charge < -0.3 is 10.0 Å². The zero-order valence-corrected chi connectivity index (χ0v) is 12.1. The maximum Gasteiger partial charge on any atom is 0.433 e. The van der Waals surface area contributed by atoms with Gasteiger partial charge in [0.15, 0.2) is 0 Å². The molecule has 118 valence electrons.